The first-order valence-corrected chi connectivity index (χ1v) is 7.82. The van der Waals surface area contributed by atoms with Crippen molar-refractivity contribution < 1.29 is 13.5 Å². The lowest BCUT2D eigenvalue weighted by atomic mass is 10.0. The fourth-order valence-electron chi connectivity index (χ4n) is 2.95. The summed E-state index contributed by atoms with van der Waals surface area (Å²) in [7, 11) is 1.39. The number of hydrogen-bond donors (Lipinski definition) is 2. The second-order valence-corrected chi connectivity index (χ2v) is 5.68. The largest absolute Gasteiger partial charge is 0.495 e. The van der Waals surface area contributed by atoms with Gasteiger partial charge in [0.2, 0.25) is 5.95 Å². The van der Waals surface area contributed by atoms with Gasteiger partial charge in [-0.15, -0.1) is 0 Å². The molecule has 2 heterocycles. The molecule has 0 saturated heterocycles. The molecule has 7 heteroatoms. The van der Waals surface area contributed by atoms with Crippen LogP contribution < -0.4 is 10.5 Å². The van der Waals surface area contributed by atoms with E-state index in [4.69, 9.17) is 10.5 Å². The van der Waals surface area contributed by atoms with Gasteiger partial charge in [-0.05, 0) is 29.8 Å². The summed E-state index contributed by atoms with van der Waals surface area (Å²) in [6, 6.07) is 13.0. The first kappa shape index (κ1) is 16.0. The number of aromatic nitrogens is 3. The maximum Gasteiger partial charge on any atom is 0.226 e. The fraction of sp³-hybridized carbons (Fsp3) is 0.0526. The van der Waals surface area contributed by atoms with Crippen LogP contribution in [0.2, 0.25) is 0 Å². The molecular weight excluding hydrogens is 338 g/mol. The van der Waals surface area contributed by atoms with Gasteiger partial charge in [0.25, 0.3) is 0 Å². The van der Waals surface area contributed by atoms with Crippen molar-refractivity contribution in [2.24, 2.45) is 0 Å². The number of benzene rings is 2. The van der Waals surface area contributed by atoms with E-state index in [-0.39, 0.29) is 17.1 Å². The number of methoxy groups -OCH3 is 1. The van der Waals surface area contributed by atoms with Crippen molar-refractivity contribution in [1.29, 1.82) is 0 Å². The van der Waals surface area contributed by atoms with Crippen LogP contribution in [-0.2, 0) is 0 Å². The minimum absolute atomic E-state index is 0.0247. The summed E-state index contributed by atoms with van der Waals surface area (Å²) in [6.07, 6.45) is 0. The van der Waals surface area contributed by atoms with Gasteiger partial charge < -0.3 is 15.5 Å². The Morgan fingerprint density at radius 2 is 1.81 bits per heavy atom. The van der Waals surface area contributed by atoms with Crippen LogP contribution in [0.1, 0.15) is 0 Å². The summed E-state index contributed by atoms with van der Waals surface area (Å²) in [5.41, 5.74) is 8.12. The lowest BCUT2D eigenvalue weighted by Crippen LogP contribution is -2.04. The molecule has 0 bridgehead atoms. The second kappa shape index (κ2) is 6.11. The van der Waals surface area contributed by atoms with Gasteiger partial charge in [-0.25, -0.2) is 14.4 Å². The highest BCUT2D eigenvalue weighted by molar-refractivity contribution is 5.89. The van der Waals surface area contributed by atoms with E-state index in [0.717, 1.165) is 11.0 Å². The van der Waals surface area contributed by atoms with Crippen LogP contribution in [0.3, 0.4) is 0 Å². The SMILES string of the molecule is COc1c(-c2nc3ccccc3[nH]2)c(N)nc(F)c1-c1cccc(F)c1. The van der Waals surface area contributed by atoms with Crippen LogP contribution in [-0.4, -0.2) is 22.1 Å². The maximum atomic E-state index is 14.6. The first-order valence-electron chi connectivity index (χ1n) is 7.82. The molecule has 0 aliphatic heterocycles. The number of nitrogens with zero attached hydrogens (tertiary/aromatic N) is 2. The zero-order valence-corrected chi connectivity index (χ0v) is 13.8. The van der Waals surface area contributed by atoms with Crippen LogP contribution in [0.5, 0.6) is 5.75 Å². The molecule has 0 fully saturated rings. The standard InChI is InChI=1S/C19H14F2N4O/c1-26-16-14(10-5-4-6-11(20)9-10)17(21)25-18(22)15(16)19-23-12-7-2-3-8-13(12)24-19/h2-9H,1H3,(H2,22,25)(H,23,24). The molecule has 2 aromatic heterocycles. The highest BCUT2D eigenvalue weighted by Crippen LogP contribution is 2.42. The average Bonchev–Trinajstić information content (AvgIpc) is 3.04. The number of rotatable bonds is 3. The average molecular weight is 352 g/mol. The molecule has 26 heavy (non-hydrogen) atoms. The van der Waals surface area contributed by atoms with Gasteiger partial charge in [-0.1, -0.05) is 24.3 Å². The van der Waals surface area contributed by atoms with E-state index >= 15 is 0 Å². The van der Waals surface area contributed by atoms with E-state index in [0.29, 0.717) is 17.0 Å². The van der Waals surface area contributed by atoms with Crippen LogP contribution in [0.15, 0.2) is 48.5 Å². The van der Waals surface area contributed by atoms with E-state index < -0.39 is 11.8 Å². The number of nitrogen functional groups attached to an aromatic ring is 1. The van der Waals surface area contributed by atoms with Crippen molar-refractivity contribution in [2.45, 2.75) is 0 Å². The predicted molar refractivity (Wildman–Crippen MR) is 95.6 cm³/mol. The number of para-hydroxylation sites is 2. The Balaban J connectivity index is 2.02. The van der Waals surface area contributed by atoms with E-state index in [2.05, 4.69) is 15.0 Å². The Labute approximate surface area is 147 Å². The predicted octanol–water partition coefficient (Wildman–Crippen LogP) is 4.16. The number of aromatic amines is 1. The van der Waals surface area contributed by atoms with Crippen LogP contribution in [0.25, 0.3) is 33.5 Å². The second-order valence-electron chi connectivity index (χ2n) is 5.68. The summed E-state index contributed by atoms with van der Waals surface area (Å²) in [4.78, 5) is 11.4. The van der Waals surface area contributed by atoms with Crippen molar-refractivity contribution in [3.63, 3.8) is 0 Å². The molecule has 3 N–H and O–H groups in total. The number of nitrogens with one attached hydrogen (secondary N) is 1. The lowest BCUT2D eigenvalue weighted by Gasteiger charge is -2.15. The molecule has 4 aromatic rings. The zero-order chi connectivity index (χ0) is 18.3. The summed E-state index contributed by atoms with van der Waals surface area (Å²) in [6.45, 7) is 0. The third-order valence-electron chi connectivity index (χ3n) is 4.08. The Morgan fingerprint density at radius 1 is 1.00 bits per heavy atom. The Bertz CT molecular complexity index is 1090. The van der Waals surface area contributed by atoms with Crippen molar-refractivity contribution in [3.05, 3.63) is 60.3 Å². The minimum Gasteiger partial charge on any atom is -0.495 e. The number of pyridine rings is 1. The quantitative estimate of drug-likeness (QED) is 0.543. The van der Waals surface area contributed by atoms with Crippen molar-refractivity contribution in [3.8, 4) is 28.3 Å². The molecule has 0 amide bonds. The molecule has 0 aliphatic rings. The van der Waals surface area contributed by atoms with Gasteiger partial charge >= 0.3 is 0 Å². The van der Waals surface area contributed by atoms with Crippen LogP contribution in [0, 0.1) is 11.8 Å². The molecule has 2 aromatic carbocycles. The van der Waals surface area contributed by atoms with Gasteiger partial charge in [0, 0.05) is 0 Å². The van der Waals surface area contributed by atoms with Gasteiger partial charge in [0.05, 0.1) is 23.7 Å². The number of imidazole rings is 1. The molecule has 4 rings (SSSR count). The maximum absolute atomic E-state index is 14.6. The lowest BCUT2D eigenvalue weighted by molar-refractivity contribution is 0.413. The van der Waals surface area contributed by atoms with Crippen molar-refractivity contribution in [1.82, 2.24) is 15.0 Å². The third-order valence-corrected chi connectivity index (χ3v) is 4.08. The summed E-state index contributed by atoms with van der Waals surface area (Å²) >= 11 is 0. The monoisotopic (exact) mass is 352 g/mol. The highest BCUT2D eigenvalue weighted by atomic mass is 19.1. The van der Waals surface area contributed by atoms with Gasteiger partial charge in [-0.3, -0.25) is 0 Å². The van der Waals surface area contributed by atoms with Crippen molar-refractivity contribution in [2.75, 3.05) is 12.8 Å². The van der Waals surface area contributed by atoms with E-state index in [9.17, 15) is 8.78 Å². The summed E-state index contributed by atoms with van der Waals surface area (Å²) < 4.78 is 33.7. The molecule has 0 atom stereocenters. The first-order chi connectivity index (χ1) is 12.6. The normalized spacial score (nSPS) is 11.0. The number of hydrogen-bond acceptors (Lipinski definition) is 4. The summed E-state index contributed by atoms with van der Waals surface area (Å²) in [5.74, 6) is -0.875. The Kier molecular flexibility index (Phi) is 3.76. The van der Waals surface area contributed by atoms with Crippen LogP contribution >= 0.6 is 0 Å². The van der Waals surface area contributed by atoms with Gasteiger partial charge in [-0.2, -0.15) is 4.39 Å². The van der Waals surface area contributed by atoms with Gasteiger partial charge in [0.15, 0.2) is 0 Å². The van der Waals surface area contributed by atoms with E-state index in [1.165, 1.54) is 25.3 Å². The minimum atomic E-state index is -0.843. The molecule has 0 radical (unpaired) electrons. The molecular formula is C19H14F2N4O. The third kappa shape index (κ3) is 2.54. The number of H-pyrrole nitrogens is 1. The molecule has 0 spiro atoms. The molecule has 0 unspecified atom stereocenters. The summed E-state index contributed by atoms with van der Waals surface area (Å²) in [5, 5.41) is 0. The molecule has 0 saturated carbocycles. The van der Waals surface area contributed by atoms with Gasteiger partial charge in [0.1, 0.15) is 28.8 Å². The number of ether oxygens (including phenoxy) is 1. The topological polar surface area (TPSA) is 76.8 Å². The zero-order valence-electron chi connectivity index (χ0n) is 13.8. The van der Waals surface area contributed by atoms with Crippen LogP contribution in [0.4, 0.5) is 14.6 Å². The van der Waals surface area contributed by atoms with E-state index in [1.54, 1.807) is 6.07 Å². The fourth-order valence-corrected chi connectivity index (χ4v) is 2.95. The Morgan fingerprint density at radius 3 is 2.54 bits per heavy atom. The Hall–Kier alpha value is -3.48. The number of nitrogens with two attached hydrogens (primary N) is 1. The highest BCUT2D eigenvalue weighted by Gasteiger charge is 2.24. The number of fused-ring (bicyclic) bond motifs is 1. The molecule has 130 valence electrons. The van der Waals surface area contributed by atoms with E-state index in [1.807, 2.05) is 24.3 Å². The van der Waals surface area contributed by atoms with Crippen molar-refractivity contribution >= 4 is 16.9 Å². The number of halogens is 2. The molecule has 5 nitrogen and oxygen atoms in total. The molecule has 0 aliphatic carbocycles. The number of anilines is 1. The smallest absolute Gasteiger partial charge is 0.226 e.